The molecule has 0 aliphatic heterocycles. The van der Waals surface area contributed by atoms with Gasteiger partial charge in [-0.15, -0.1) is 0 Å². The topological polar surface area (TPSA) is 38.0 Å². The predicted molar refractivity (Wildman–Crippen MR) is 81.0 cm³/mol. The second-order valence-corrected chi connectivity index (χ2v) is 5.28. The van der Waals surface area contributed by atoms with Gasteiger partial charge in [-0.05, 0) is 35.9 Å². The first-order valence-corrected chi connectivity index (χ1v) is 6.84. The number of hydrogen-bond acceptors (Lipinski definition) is 2. The fourth-order valence-electron chi connectivity index (χ4n) is 1.77. The summed E-state index contributed by atoms with van der Waals surface area (Å²) in [5.74, 6) is 0. The Morgan fingerprint density at radius 2 is 1.78 bits per heavy atom. The molecule has 0 heterocycles. The molecule has 94 valence electrons. The Morgan fingerprint density at radius 1 is 1.11 bits per heavy atom. The molecule has 0 spiro atoms. The van der Waals surface area contributed by atoms with Crippen molar-refractivity contribution >= 4 is 33.2 Å². The molecule has 0 bridgehead atoms. The third-order valence-corrected chi connectivity index (χ3v) is 3.57. The highest BCUT2D eigenvalue weighted by molar-refractivity contribution is 9.10. The molecule has 0 saturated carbocycles. The summed E-state index contributed by atoms with van der Waals surface area (Å²) >= 11 is 9.60. The SMILES string of the molecule is NCC(Nc1ccc(Br)cc1)c1ccccc1Cl. The fraction of sp³-hybridized carbons (Fsp3) is 0.143. The molecule has 2 aromatic rings. The quantitative estimate of drug-likeness (QED) is 0.883. The molecular formula is C14H14BrClN2. The van der Waals surface area contributed by atoms with Crippen LogP contribution in [0.1, 0.15) is 11.6 Å². The minimum Gasteiger partial charge on any atom is -0.377 e. The van der Waals surface area contributed by atoms with Crippen molar-refractivity contribution in [3.8, 4) is 0 Å². The van der Waals surface area contributed by atoms with Crippen LogP contribution in [0.15, 0.2) is 53.0 Å². The number of benzene rings is 2. The van der Waals surface area contributed by atoms with E-state index in [0.29, 0.717) is 6.54 Å². The molecule has 0 aliphatic rings. The molecule has 18 heavy (non-hydrogen) atoms. The highest BCUT2D eigenvalue weighted by atomic mass is 79.9. The van der Waals surface area contributed by atoms with E-state index >= 15 is 0 Å². The third-order valence-electron chi connectivity index (χ3n) is 2.70. The summed E-state index contributed by atoms with van der Waals surface area (Å²) in [4.78, 5) is 0. The average molecular weight is 326 g/mol. The van der Waals surface area contributed by atoms with E-state index in [0.717, 1.165) is 20.7 Å². The van der Waals surface area contributed by atoms with Gasteiger partial charge in [0, 0.05) is 21.7 Å². The zero-order valence-electron chi connectivity index (χ0n) is 9.74. The van der Waals surface area contributed by atoms with E-state index in [-0.39, 0.29) is 6.04 Å². The first-order valence-electron chi connectivity index (χ1n) is 5.67. The zero-order chi connectivity index (χ0) is 13.0. The van der Waals surface area contributed by atoms with Crippen molar-refractivity contribution in [2.24, 2.45) is 5.73 Å². The van der Waals surface area contributed by atoms with Crippen LogP contribution < -0.4 is 11.1 Å². The summed E-state index contributed by atoms with van der Waals surface area (Å²) in [7, 11) is 0. The van der Waals surface area contributed by atoms with E-state index in [9.17, 15) is 0 Å². The summed E-state index contributed by atoms with van der Waals surface area (Å²) in [6.45, 7) is 0.486. The molecule has 0 saturated heterocycles. The molecule has 0 radical (unpaired) electrons. The zero-order valence-corrected chi connectivity index (χ0v) is 12.1. The van der Waals surface area contributed by atoms with E-state index in [1.54, 1.807) is 0 Å². The van der Waals surface area contributed by atoms with Crippen LogP contribution >= 0.6 is 27.5 Å². The summed E-state index contributed by atoms with van der Waals surface area (Å²) in [5, 5.41) is 4.12. The number of nitrogens with two attached hydrogens (primary N) is 1. The van der Waals surface area contributed by atoms with Crippen LogP contribution in [0.4, 0.5) is 5.69 Å². The van der Waals surface area contributed by atoms with Crippen LogP contribution in [0, 0.1) is 0 Å². The van der Waals surface area contributed by atoms with Gasteiger partial charge in [0.1, 0.15) is 0 Å². The van der Waals surface area contributed by atoms with Gasteiger partial charge in [-0.25, -0.2) is 0 Å². The molecule has 0 fully saturated rings. The van der Waals surface area contributed by atoms with Crippen molar-refractivity contribution in [2.45, 2.75) is 6.04 Å². The lowest BCUT2D eigenvalue weighted by atomic mass is 10.1. The van der Waals surface area contributed by atoms with E-state index in [1.165, 1.54) is 0 Å². The van der Waals surface area contributed by atoms with Gasteiger partial charge in [0.2, 0.25) is 0 Å². The molecule has 0 aromatic heterocycles. The summed E-state index contributed by atoms with van der Waals surface area (Å²) < 4.78 is 1.05. The Balaban J connectivity index is 2.20. The third kappa shape index (κ3) is 3.25. The molecule has 0 amide bonds. The minimum atomic E-state index is 0.0138. The maximum Gasteiger partial charge on any atom is 0.0650 e. The van der Waals surface area contributed by atoms with Crippen molar-refractivity contribution in [1.29, 1.82) is 0 Å². The van der Waals surface area contributed by atoms with Crippen molar-refractivity contribution in [3.63, 3.8) is 0 Å². The van der Waals surface area contributed by atoms with Gasteiger partial charge in [0.05, 0.1) is 6.04 Å². The molecular weight excluding hydrogens is 312 g/mol. The van der Waals surface area contributed by atoms with Crippen molar-refractivity contribution in [1.82, 2.24) is 0 Å². The molecule has 3 N–H and O–H groups in total. The Morgan fingerprint density at radius 3 is 2.39 bits per heavy atom. The number of halogens is 2. The Labute approximate surface area is 120 Å². The largest absolute Gasteiger partial charge is 0.377 e. The number of rotatable bonds is 4. The maximum absolute atomic E-state index is 6.19. The number of hydrogen-bond donors (Lipinski definition) is 2. The second kappa shape index (κ2) is 6.23. The highest BCUT2D eigenvalue weighted by Gasteiger charge is 2.12. The van der Waals surface area contributed by atoms with Gasteiger partial charge in [0.25, 0.3) is 0 Å². The maximum atomic E-state index is 6.19. The molecule has 2 nitrogen and oxygen atoms in total. The van der Waals surface area contributed by atoms with Crippen LogP contribution in [-0.4, -0.2) is 6.54 Å². The Hall–Kier alpha value is -1.03. The van der Waals surface area contributed by atoms with E-state index in [4.69, 9.17) is 17.3 Å². The number of nitrogens with one attached hydrogen (secondary N) is 1. The van der Waals surface area contributed by atoms with Crippen LogP contribution in [0.2, 0.25) is 5.02 Å². The lowest BCUT2D eigenvalue weighted by molar-refractivity contribution is 0.790. The minimum absolute atomic E-state index is 0.0138. The van der Waals surface area contributed by atoms with Crippen molar-refractivity contribution < 1.29 is 0 Å². The second-order valence-electron chi connectivity index (χ2n) is 3.96. The van der Waals surface area contributed by atoms with E-state index < -0.39 is 0 Å². The number of anilines is 1. The average Bonchev–Trinajstić information content (AvgIpc) is 2.39. The predicted octanol–water partition coefficient (Wildman–Crippen LogP) is 4.21. The van der Waals surface area contributed by atoms with Gasteiger partial charge in [-0.2, -0.15) is 0 Å². The van der Waals surface area contributed by atoms with Crippen molar-refractivity contribution in [2.75, 3.05) is 11.9 Å². The van der Waals surface area contributed by atoms with Crippen LogP contribution in [0.5, 0.6) is 0 Å². The summed E-state index contributed by atoms with van der Waals surface area (Å²) in [5.41, 5.74) is 7.86. The Bertz CT molecular complexity index is 513. The first-order chi connectivity index (χ1) is 8.70. The smallest absolute Gasteiger partial charge is 0.0650 e. The summed E-state index contributed by atoms with van der Waals surface area (Å²) in [6.07, 6.45) is 0. The molecule has 2 rings (SSSR count). The van der Waals surface area contributed by atoms with Crippen LogP contribution in [-0.2, 0) is 0 Å². The van der Waals surface area contributed by atoms with E-state index in [1.807, 2.05) is 48.5 Å². The fourth-order valence-corrected chi connectivity index (χ4v) is 2.30. The summed E-state index contributed by atoms with van der Waals surface area (Å²) in [6, 6.07) is 15.7. The van der Waals surface area contributed by atoms with Crippen LogP contribution in [0.25, 0.3) is 0 Å². The highest BCUT2D eigenvalue weighted by Crippen LogP contribution is 2.25. The van der Waals surface area contributed by atoms with Crippen LogP contribution in [0.3, 0.4) is 0 Å². The van der Waals surface area contributed by atoms with Gasteiger partial charge >= 0.3 is 0 Å². The van der Waals surface area contributed by atoms with Gasteiger partial charge in [-0.3, -0.25) is 0 Å². The Kier molecular flexibility index (Phi) is 4.64. The monoisotopic (exact) mass is 324 g/mol. The lowest BCUT2D eigenvalue weighted by Crippen LogP contribution is -2.20. The molecule has 4 heteroatoms. The standard InChI is InChI=1S/C14H14BrClN2/c15-10-5-7-11(8-6-10)18-14(9-17)12-3-1-2-4-13(12)16/h1-8,14,18H,9,17H2. The first kappa shape index (κ1) is 13.4. The lowest BCUT2D eigenvalue weighted by Gasteiger charge is -2.19. The normalized spacial score (nSPS) is 12.2. The molecule has 0 aliphatic carbocycles. The molecule has 1 atom stereocenters. The molecule has 2 aromatic carbocycles. The molecule has 1 unspecified atom stereocenters. The van der Waals surface area contributed by atoms with Gasteiger partial charge in [-0.1, -0.05) is 45.7 Å². The van der Waals surface area contributed by atoms with Gasteiger partial charge < -0.3 is 11.1 Å². The van der Waals surface area contributed by atoms with E-state index in [2.05, 4.69) is 21.2 Å². The van der Waals surface area contributed by atoms with Crippen molar-refractivity contribution in [3.05, 3.63) is 63.6 Å². The van der Waals surface area contributed by atoms with Gasteiger partial charge in [0.15, 0.2) is 0 Å².